The minimum atomic E-state index is -4.36. The van der Waals surface area contributed by atoms with Gasteiger partial charge in [-0.1, -0.05) is 147 Å². The van der Waals surface area contributed by atoms with Crippen LogP contribution in [0.1, 0.15) is 181 Å². The highest BCUT2D eigenvalue weighted by molar-refractivity contribution is 7.47. The van der Waals surface area contributed by atoms with Gasteiger partial charge in [0, 0.05) is 19.4 Å². The van der Waals surface area contributed by atoms with Gasteiger partial charge in [-0.15, -0.1) is 0 Å². The number of ether oxygens (including phenoxy) is 2. The number of carbonyl (C=O) groups is 2. The molecule has 0 saturated heterocycles. The molecule has 0 aromatic carbocycles. The van der Waals surface area contributed by atoms with E-state index >= 15 is 0 Å². The van der Waals surface area contributed by atoms with Crippen LogP contribution in [0, 0.1) is 0 Å². The van der Waals surface area contributed by atoms with Crippen LogP contribution in [0.4, 0.5) is 0 Å². The highest BCUT2D eigenvalue weighted by Gasteiger charge is 2.25. The van der Waals surface area contributed by atoms with Crippen molar-refractivity contribution in [1.29, 1.82) is 0 Å². The predicted molar refractivity (Wildman–Crippen MR) is 201 cm³/mol. The second-order valence-electron chi connectivity index (χ2n) is 13.2. The van der Waals surface area contributed by atoms with Gasteiger partial charge in [-0.05, 0) is 44.9 Å². The molecule has 0 aromatic rings. The Morgan fingerprint density at radius 1 is 0.612 bits per heavy atom. The van der Waals surface area contributed by atoms with Crippen molar-refractivity contribution in [2.45, 2.75) is 187 Å². The number of nitrogens with two attached hydrogens (primary N) is 1. The largest absolute Gasteiger partial charge is 0.472 e. The Bertz CT molecular complexity index is 866. The van der Waals surface area contributed by atoms with Crippen LogP contribution in [0.25, 0.3) is 0 Å². The minimum Gasteiger partial charge on any atom is -0.462 e. The Labute approximate surface area is 300 Å². The molecule has 0 heterocycles. The SMILES string of the molecule is CCCCCCC/C=C\C/C=C\CCCCCCCCCCCC(=O)OC(COC(=O)CCCCCCCCC)COP(=O)(O)OCCN. The van der Waals surface area contributed by atoms with Crippen LogP contribution >= 0.6 is 7.82 Å². The number of hydrogen-bond donors (Lipinski definition) is 2. The third kappa shape index (κ3) is 36.1. The van der Waals surface area contributed by atoms with Crippen molar-refractivity contribution in [1.82, 2.24) is 0 Å². The lowest BCUT2D eigenvalue weighted by molar-refractivity contribution is -0.161. The molecule has 0 aliphatic carbocycles. The van der Waals surface area contributed by atoms with Gasteiger partial charge in [-0.25, -0.2) is 4.57 Å². The Kier molecular flexibility index (Phi) is 35.2. The monoisotopic (exact) mass is 716 g/mol. The summed E-state index contributed by atoms with van der Waals surface area (Å²) in [6.07, 6.45) is 36.6. The van der Waals surface area contributed by atoms with Crippen molar-refractivity contribution in [3.8, 4) is 0 Å². The molecule has 49 heavy (non-hydrogen) atoms. The number of unbranched alkanes of at least 4 members (excludes halogenated alkanes) is 20. The molecule has 0 aliphatic heterocycles. The Balaban J connectivity index is 4.07. The number of allylic oxidation sites excluding steroid dienone is 4. The topological polar surface area (TPSA) is 134 Å². The molecule has 2 unspecified atom stereocenters. The molecule has 0 radical (unpaired) electrons. The first-order chi connectivity index (χ1) is 23.8. The summed E-state index contributed by atoms with van der Waals surface area (Å²) in [4.78, 5) is 34.6. The summed E-state index contributed by atoms with van der Waals surface area (Å²) in [5.74, 6) is -0.838. The van der Waals surface area contributed by atoms with Crippen molar-refractivity contribution in [2.24, 2.45) is 5.73 Å². The highest BCUT2D eigenvalue weighted by Crippen LogP contribution is 2.43. The standard InChI is InChI=1S/C39H74NO8P/c1-3-5-7-9-11-12-13-14-15-16-17-18-19-20-21-22-23-24-26-28-30-32-39(42)48-37(36-47-49(43,44)46-34-33-40)35-45-38(41)31-29-27-25-10-8-6-4-2/h13-14,16-17,37H,3-12,15,18-36,40H2,1-2H3,(H,43,44)/b14-13-,17-16-. The fraction of sp³-hybridized carbons (Fsp3) is 0.846. The first-order valence-corrected chi connectivity index (χ1v) is 21.3. The number of phosphoric acid groups is 1. The van der Waals surface area contributed by atoms with Crippen molar-refractivity contribution in [3.63, 3.8) is 0 Å². The molecule has 0 aliphatic rings. The molecule has 0 fully saturated rings. The van der Waals surface area contributed by atoms with Crippen molar-refractivity contribution in [2.75, 3.05) is 26.4 Å². The summed E-state index contributed by atoms with van der Waals surface area (Å²) in [7, 11) is -4.36. The molecule has 2 atom stereocenters. The number of carbonyl (C=O) groups excluding carboxylic acids is 2. The first-order valence-electron chi connectivity index (χ1n) is 19.8. The summed E-state index contributed by atoms with van der Waals surface area (Å²) in [5.41, 5.74) is 5.32. The average molecular weight is 716 g/mol. The second-order valence-corrected chi connectivity index (χ2v) is 14.6. The molecule has 0 bridgehead atoms. The van der Waals surface area contributed by atoms with Gasteiger partial charge in [-0.2, -0.15) is 0 Å². The lowest BCUT2D eigenvalue weighted by Gasteiger charge is -2.19. The molecular weight excluding hydrogens is 641 g/mol. The van der Waals surface area contributed by atoms with E-state index in [-0.39, 0.29) is 38.6 Å². The van der Waals surface area contributed by atoms with Gasteiger partial charge < -0.3 is 20.1 Å². The van der Waals surface area contributed by atoms with Crippen LogP contribution in [0.3, 0.4) is 0 Å². The fourth-order valence-corrected chi connectivity index (χ4v) is 6.13. The lowest BCUT2D eigenvalue weighted by atomic mass is 10.1. The molecule has 3 N–H and O–H groups in total. The Hall–Kier alpha value is -1.51. The van der Waals surface area contributed by atoms with Crippen molar-refractivity contribution >= 4 is 19.8 Å². The van der Waals surface area contributed by atoms with E-state index in [0.717, 1.165) is 51.4 Å². The molecule has 0 rings (SSSR count). The molecule has 0 saturated carbocycles. The van der Waals surface area contributed by atoms with Crippen LogP contribution in [0.2, 0.25) is 0 Å². The molecule has 0 amide bonds. The van der Waals surface area contributed by atoms with E-state index in [9.17, 15) is 19.0 Å². The summed E-state index contributed by atoms with van der Waals surface area (Å²) in [6.45, 7) is 3.66. The van der Waals surface area contributed by atoms with Gasteiger partial charge in [0.25, 0.3) is 0 Å². The van der Waals surface area contributed by atoms with Crippen molar-refractivity contribution in [3.05, 3.63) is 24.3 Å². The smallest absolute Gasteiger partial charge is 0.462 e. The summed E-state index contributed by atoms with van der Waals surface area (Å²) >= 11 is 0. The summed E-state index contributed by atoms with van der Waals surface area (Å²) < 4.78 is 32.6. The maximum atomic E-state index is 12.5. The Morgan fingerprint density at radius 2 is 1.06 bits per heavy atom. The van der Waals surface area contributed by atoms with Gasteiger partial charge in [0.1, 0.15) is 6.61 Å². The zero-order valence-electron chi connectivity index (χ0n) is 31.4. The van der Waals surface area contributed by atoms with Crippen LogP contribution < -0.4 is 5.73 Å². The third-order valence-electron chi connectivity index (χ3n) is 8.34. The van der Waals surface area contributed by atoms with E-state index in [4.69, 9.17) is 24.3 Å². The van der Waals surface area contributed by atoms with Gasteiger partial charge in [0.15, 0.2) is 6.10 Å². The van der Waals surface area contributed by atoms with E-state index in [1.807, 2.05) is 0 Å². The summed E-state index contributed by atoms with van der Waals surface area (Å²) in [5, 5.41) is 0. The van der Waals surface area contributed by atoms with Gasteiger partial charge in [0.2, 0.25) is 0 Å². The number of rotatable bonds is 37. The lowest BCUT2D eigenvalue weighted by Crippen LogP contribution is -2.29. The van der Waals surface area contributed by atoms with Crippen LogP contribution in [-0.4, -0.2) is 49.3 Å². The average Bonchev–Trinajstić information content (AvgIpc) is 3.08. The van der Waals surface area contributed by atoms with Crippen LogP contribution in [0.15, 0.2) is 24.3 Å². The molecule has 288 valence electrons. The van der Waals surface area contributed by atoms with E-state index in [0.29, 0.717) is 6.42 Å². The first kappa shape index (κ1) is 47.5. The van der Waals surface area contributed by atoms with Crippen LogP contribution in [-0.2, 0) is 32.7 Å². The third-order valence-corrected chi connectivity index (χ3v) is 9.32. The van der Waals surface area contributed by atoms with E-state index in [2.05, 4.69) is 38.2 Å². The fourth-order valence-electron chi connectivity index (χ4n) is 5.37. The van der Waals surface area contributed by atoms with Gasteiger partial charge in [0.05, 0.1) is 13.2 Å². The predicted octanol–water partition coefficient (Wildman–Crippen LogP) is 10.8. The number of hydrogen-bond acceptors (Lipinski definition) is 8. The van der Waals surface area contributed by atoms with Crippen LogP contribution in [0.5, 0.6) is 0 Å². The van der Waals surface area contributed by atoms with Gasteiger partial charge in [-0.3, -0.25) is 18.6 Å². The summed E-state index contributed by atoms with van der Waals surface area (Å²) in [6, 6.07) is 0. The maximum Gasteiger partial charge on any atom is 0.472 e. The molecule has 0 spiro atoms. The Morgan fingerprint density at radius 3 is 1.55 bits per heavy atom. The quantitative estimate of drug-likeness (QED) is 0.0279. The molecular formula is C39H74NO8P. The second kappa shape index (κ2) is 36.3. The minimum absolute atomic E-state index is 0.0538. The normalized spacial score (nSPS) is 13.6. The van der Waals surface area contributed by atoms with Crippen molar-refractivity contribution < 1.29 is 37.6 Å². The zero-order chi connectivity index (χ0) is 36.1. The maximum absolute atomic E-state index is 12.5. The van der Waals surface area contributed by atoms with E-state index in [1.165, 1.54) is 96.3 Å². The highest BCUT2D eigenvalue weighted by atomic mass is 31.2. The number of esters is 2. The van der Waals surface area contributed by atoms with Gasteiger partial charge >= 0.3 is 19.8 Å². The molecule has 10 heteroatoms. The van der Waals surface area contributed by atoms with E-state index < -0.39 is 26.5 Å². The van der Waals surface area contributed by atoms with E-state index in [1.54, 1.807) is 0 Å². The number of phosphoric ester groups is 1. The molecule has 0 aromatic heterocycles. The molecule has 9 nitrogen and oxygen atoms in total. The zero-order valence-corrected chi connectivity index (χ0v) is 32.3.